The third kappa shape index (κ3) is 3.32. The van der Waals surface area contributed by atoms with Crippen LogP contribution < -0.4 is 4.74 Å². The van der Waals surface area contributed by atoms with Gasteiger partial charge in [0.2, 0.25) is 0 Å². The molecule has 1 aliphatic carbocycles. The molecule has 0 bridgehead atoms. The SMILES string of the molecule is C#Cc1c(F)ccc2cc(OC(=O)N(CC)C3CC3)cc(C(C)C)c12. The zero-order chi connectivity index (χ0) is 18.1. The third-order valence-electron chi connectivity index (χ3n) is 4.61. The van der Waals surface area contributed by atoms with Crippen LogP contribution in [-0.2, 0) is 0 Å². The molecule has 0 aromatic heterocycles. The maximum atomic E-state index is 14.1. The van der Waals surface area contributed by atoms with E-state index in [-0.39, 0.29) is 17.6 Å². The molecule has 0 unspecified atom stereocenters. The second-order valence-electron chi connectivity index (χ2n) is 6.72. The van der Waals surface area contributed by atoms with Crippen molar-refractivity contribution in [2.75, 3.05) is 6.54 Å². The Labute approximate surface area is 147 Å². The fraction of sp³-hybridized carbons (Fsp3) is 0.381. The highest BCUT2D eigenvalue weighted by Gasteiger charge is 2.32. The van der Waals surface area contributed by atoms with Gasteiger partial charge in [0.15, 0.2) is 0 Å². The Balaban J connectivity index is 2.04. The number of rotatable bonds is 4. The van der Waals surface area contributed by atoms with Crippen LogP contribution in [0.1, 0.15) is 50.7 Å². The van der Waals surface area contributed by atoms with E-state index in [9.17, 15) is 9.18 Å². The number of amides is 1. The molecule has 1 amide bonds. The molecule has 0 N–H and O–H groups in total. The quantitative estimate of drug-likeness (QED) is 0.728. The van der Waals surface area contributed by atoms with Gasteiger partial charge in [0.05, 0.1) is 5.56 Å². The van der Waals surface area contributed by atoms with E-state index in [4.69, 9.17) is 11.2 Å². The summed E-state index contributed by atoms with van der Waals surface area (Å²) in [6.07, 6.45) is 7.25. The molecule has 0 heterocycles. The molecule has 0 radical (unpaired) electrons. The summed E-state index contributed by atoms with van der Waals surface area (Å²) in [7, 11) is 0. The minimum atomic E-state index is -0.410. The molecule has 0 spiro atoms. The molecule has 1 aliphatic rings. The zero-order valence-electron chi connectivity index (χ0n) is 14.8. The van der Waals surface area contributed by atoms with Gasteiger partial charge >= 0.3 is 6.09 Å². The number of ether oxygens (including phenoxy) is 1. The number of carbonyl (C=O) groups excluding carboxylic acids is 1. The molecular formula is C21H22FNO2. The Hall–Kier alpha value is -2.54. The van der Waals surface area contributed by atoms with Crippen LogP contribution >= 0.6 is 0 Å². The third-order valence-corrected chi connectivity index (χ3v) is 4.61. The summed E-state index contributed by atoms with van der Waals surface area (Å²) >= 11 is 0. The Kier molecular flexibility index (Phi) is 4.67. The van der Waals surface area contributed by atoms with E-state index < -0.39 is 5.82 Å². The lowest BCUT2D eigenvalue weighted by Crippen LogP contribution is -2.35. The predicted octanol–water partition coefficient (Wildman–Crippen LogP) is 5.07. The monoisotopic (exact) mass is 339 g/mol. The van der Waals surface area contributed by atoms with E-state index in [0.29, 0.717) is 23.7 Å². The number of fused-ring (bicyclic) bond motifs is 1. The highest BCUT2D eigenvalue weighted by Crippen LogP contribution is 2.34. The van der Waals surface area contributed by atoms with E-state index >= 15 is 0 Å². The maximum absolute atomic E-state index is 14.1. The average molecular weight is 339 g/mol. The first-order valence-electron chi connectivity index (χ1n) is 8.67. The highest BCUT2D eigenvalue weighted by atomic mass is 19.1. The molecule has 0 aliphatic heterocycles. The standard InChI is InChI=1S/C21H22FNO2/c1-5-17-19(22)10-7-14-11-16(12-18(13(3)4)20(14)17)25-21(24)23(6-2)15-8-9-15/h1,7,10-13,15H,6,8-9H2,2-4H3. The molecule has 1 fully saturated rings. The summed E-state index contributed by atoms with van der Waals surface area (Å²) in [5.41, 5.74) is 1.13. The minimum Gasteiger partial charge on any atom is -0.410 e. The zero-order valence-corrected chi connectivity index (χ0v) is 14.8. The van der Waals surface area contributed by atoms with Crippen LogP contribution in [0.25, 0.3) is 10.8 Å². The lowest BCUT2D eigenvalue weighted by Gasteiger charge is -2.21. The van der Waals surface area contributed by atoms with Gasteiger partial charge in [0.1, 0.15) is 11.6 Å². The molecule has 0 saturated heterocycles. The van der Waals surface area contributed by atoms with Crippen molar-refractivity contribution in [2.24, 2.45) is 0 Å². The van der Waals surface area contributed by atoms with Crippen molar-refractivity contribution >= 4 is 16.9 Å². The normalized spacial score (nSPS) is 13.8. The molecule has 25 heavy (non-hydrogen) atoms. The van der Waals surface area contributed by atoms with Crippen LogP contribution in [-0.4, -0.2) is 23.6 Å². The fourth-order valence-electron chi connectivity index (χ4n) is 3.18. The molecule has 4 heteroatoms. The number of benzene rings is 2. The maximum Gasteiger partial charge on any atom is 0.415 e. The van der Waals surface area contributed by atoms with Gasteiger partial charge < -0.3 is 9.64 Å². The highest BCUT2D eigenvalue weighted by molar-refractivity contribution is 5.93. The van der Waals surface area contributed by atoms with E-state index in [1.165, 1.54) is 6.07 Å². The number of carbonyl (C=O) groups is 1. The van der Waals surface area contributed by atoms with E-state index in [0.717, 1.165) is 23.8 Å². The van der Waals surface area contributed by atoms with Crippen molar-refractivity contribution in [1.82, 2.24) is 4.90 Å². The van der Waals surface area contributed by atoms with Crippen LogP contribution in [0.2, 0.25) is 0 Å². The first-order valence-corrected chi connectivity index (χ1v) is 8.67. The van der Waals surface area contributed by atoms with Gasteiger partial charge in [-0.25, -0.2) is 9.18 Å². The van der Waals surface area contributed by atoms with Gasteiger partial charge in [-0.3, -0.25) is 0 Å². The molecule has 1 saturated carbocycles. The van der Waals surface area contributed by atoms with Crippen molar-refractivity contribution in [3.05, 3.63) is 41.2 Å². The lowest BCUT2D eigenvalue weighted by molar-refractivity contribution is 0.152. The molecule has 2 aromatic carbocycles. The lowest BCUT2D eigenvalue weighted by atomic mass is 9.92. The second-order valence-corrected chi connectivity index (χ2v) is 6.72. The fourth-order valence-corrected chi connectivity index (χ4v) is 3.18. The first-order chi connectivity index (χ1) is 12.0. The summed E-state index contributed by atoms with van der Waals surface area (Å²) in [4.78, 5) is 14.2. The van der Waals surface area contributed by atoms with Crippen LogP contribution in [0.3, 0.4) is 0 Å². The van der Waals surface area contributed by atoms with Crippen LogP contribution in [0.5, 0.6) is 5.75 Å². The van der Waals surface area contributed by atoms with E-state index in [1.807, 2.05) is 20.8 Å². The van der Waals surface area contributed by atoms with Crippen molar-refractivity contribution in [3.63, 3.8) is 0 Å². The van der Waals surface area contributed by atoms with Crippen LogP contribution in [0.15, 0.2) is 24.3 Å². The first kappa shape index (κ1) is 17.3. The van der Waals surface area contributed by atoms with Gasteiger partial charge in [0.25, 0.3) is 0 Å². The van der Waals surface area contributed by atoms with Crippen LogP contribution in [0, 0.1) is 18.2 Å². The number of halogens is 1. The second kappa shape index (κ2) is 6.76. The van der Waals surface area contributed by atoms with Gasteiger partial charge in [-0.1, -0.05) is 25.8 Å². The van der Waals surface area contributed by atoms with Gasteiger partial charge in [0, 0.05) is 18.0 Å². The summed E-state index contributed by atoms with van der Waals surface area (Å²) in [5.74, 6) is 2.62. The smallest absolute Gasteiger partial charge is 0.410 e. The summed E-state index contributed by atoms with van der Waals surface area (Å²) in [6.45, 7) is 6.59. The summed E-state index contributed by atoms with van der Waals surface area (Å²) in [5, 5.41) is 1.49. The molecule has 3 rings (SSSR count). The van der Waals surface area contributed by atoms with Gasteiger partial charge in [-0.05, 0) is 54.8 Å². The van der Waals surface area contributed by atoms with Crippen LogP contribution in [0.4, 0.5) is 9.18 Å². The molecular weight excluding hydrogens is 317 g/mol. The predicted molar refractivity (Wildman–Crippen MR) is 97.4 cm³/mol. The van der Waals surface area contributed by atoms with E-state index in [1.54, 1.807) is 23.1 Å². The topological polar surface area (TPSA) is 29.5 Å². The minimum absolute atomic E-state index is 0.112. The number of hydrogen-bond acceptors (Lipinski definition) is 2. The van der Waals surface area contributed by atoms with Gasteiger partial charge in [-0.15, -0.1) is 6.42 Å². The number of hydrogen-bond donors (Lipinski definition) is 0. The van der Waals surface area contributed by atoms with Gasteiger partial charge in [-0.2, -0.15) is 0 Å². The number of nitrogens with zero attached hydrogens (tertiary/aromatic N) is 1. The summed E-state index contributed by atoms with van der Waals surface area (Å²) in [6, 6.07) is 6.87. The Morgan fingerprint density at radius 1 is 1.40 bits per heavy atom. The van der Waals surface area contributed by atoms with Crippen molar-refractivity contribution < 1.29 is 13.9 Å². The Morgan fingerprint density at radius 3 is 2.68 bits per heavy atom. The van der Waals surface area contributed by atoms with Crippen molar-refractivity contribution in [3.8, 4) is 18.1 Å². The summed E-state index contributed by atoms with van der Waals surface area (Å²) < 4.78 is 19.7. The van der Waals surface area contributed by atoms with E-state index in [2.05, 4.69) is 5.92 Å². The average Bonchev–Trinajstić information content (AvgIpc) is 3.39. The molecule has 2 aromatic rings. The molecule has 130 valence electrons. The largest absolute Gasteiger partial charge is 0.415 e. The van der Waals surface area contributed by atoms with Crippen molar-refractivity contribution in [1.29, 1.82) is 0 Å². The molecule has 0 atom stereocenters. The number of terminal acetylenes is 1. The Bertz CT molecular complexity index is 862. The van der Waals surface area contributed by atoms with Crippen molar-refractivity contribution in [2.45, 2.75) is 45.6 Å². The Morgan fingerprint density at radius 2 is 2.12 bits per heavy atom. The molecule has 3 nitrogen and oxygen atoms in total.